The number of carbonyl (C=O) groups excluding carboxylic acids is 1. The van der Waals surface area contributed by atoms with Gasteiger partial charge < -0.3 is 10.1 Å². The van der Waals surface area contributed by atoms with Crippen molar-refractivity contribution in [1.29, 1.82) is 0 Å². The minimum Gasteiger partial charge on any atom is -0.496 e. The number of para-hydroxylation sites is 1. The molecular weight excluding hydrogens is 435 g/mol. The summed E-state index contributed by atoms with van der Waals surface area (Å²) < 4.78 is 31.5. The van der Waals surface area contributed by atoms with Gasteiger partial charge in [0.25, 0.3) is 0 Å². The Bertz CT molecular complexity index is 982. The molecule has 0 unspecified atom stereocenters. The third-order valence-corrected chi connectivity index (χ3v) is 6.16. The molecule has 0 saturated carbocycles. The van der Waals surface area contributed by atoms with Crippen molar-refractivity contribution in [2.75, 3.05) is 17.7 Å². The van der Waals surface area contributed by atoms with Crippen LogP contribution in [0.2, 0.25) is 10.0 Å². The molecule has 2 atom stereocenters. The van der Waals surface area contributed by atoms with Crippen LogP contribution in [0.3, 0.4) is 0 Å². The zero-order chi connectivity index (χ0) is 21.8. The van der Waals surface area contributed by atoms with Crippen molar-refractivity contribution in [2.24, 2.45) is 0 Å². The van der Waals surface area contributed by atoms with Gasteiger partial charge in [0.1, 0.15) is 11.8 Å². The maximum absolute atomic E-state index is 13.1. The molecule has 6 nitrogen and oxygen atoms in total. The summed E-state index contributed by atoms with van der Waals surface area (Å²) in [6.45, 7) is 3.54. The van der Waals surface area contributed by atoms with E-state index in [9.17, 15) is 13.2 Å². The number of halogens is 2. The van der Waals surface area contributed by atoms with Crippen molar-refractivity contribution in [3.05, 3.63) is 58.1 Å². The Morgan fingerprint density at radius 2 is 1.86 bits per heavy atom. The predicted molar refractivity (Wildman–Crippen MR) is 117 cm³/mol. The molecule has 0 aliphatic heterocycles. The lowest BCUT2D eigenvalue weighted by molar-refractivity contribution is -0.122. The first-order valence-corrected chi connectivity index (χ1v) is 11.6. The number of methoxy groups -OCH3 is 1. The molecule has 9 heteroatoms. The Labute approximate surface area is 181 Å². The lowest BCUT2D eigenvalue weighted by Crippen LogP contribution is -2.49. The first-order valence-electron chi connectivity index (χ1n) is 8.97. The molecule has 0 heterocycles. The lowest BCUT2D eigenvalue weighted by Gasteiger charge is -2.31. The molecule has 1 N–H and O–H groups in total. The average Bonchev–Trinajstić information content (AvgIpc) is 2.66. The van der Waals surface area contributed by atoms with E-state index < -0.39 is 28.0 Å². The van der Waals surface area contributed by atoms with Gasteiger partial charge in [-0.05, 0) is 37.6 Å². The fraction of sp³-hybridized carbons (Fsp3) is 0.350. The normalized spacial score (nSPS) is 13.4. The molecule has 0 saturated heterocycles. The highest BCUT2D eigenvalue weighted by Gasteiger charge is 2.33. The highest BCUT2D eigenvalue weighted by atomic mass is 35.5. The van der Waals surface area contributed by atoms with Crippen LogP contribution in [0.4, 0.5) is 5.69 Å². The van der Waals surface area contributed by atoms with Crippen molar-refractivity contribution in [2.45, 2.75) is 32.4 Å². The summed E-state index contributed by atoms with van der Waals surface area (Å²) in [5.41, 5.74) is 0.943. The van der Waals surface area contributed by atoms with Crippen LogP contribution in [-0.4, -0.2) is 33.7 Å². The molecule has 0 aliphatic carbocycles. The number of hydrogen-bond donors (Lipinski definition) is 1. The Balaban J connectivity index is 2.40. The molecule has 2 rings (SSSR count). The van der Waals surface area contributed by atoms with Gasteiger partial charge in [0.2, 0.25) is 15.9 Å². The van der Waals surface area contributed by atoms with Crippen molar-refractivity contribution in [3.8, 4) is 5.75 Å². The van der Waals surface area contributed by atoms with Crippen LogP contribution in [0.1, 0.15) is 31.9 Å². The van der Waals surface area contributed by atoms with Gasteiger partial charge in [0.05, 0.1) is 30.1 Å². The van der Waals surface area contributed by atoms with E-state index in [4.69, 9.17) is 27.9 Å². The van der Waals surface area contributed by atoms with Crippen LogP contribution >= 0.6 is 23.2 Å². The quantitative estimate of drug-likeness (QED) is 0.634. The van der Waals surface area contributed by atoms with E-state index in [2.05, 4.69) is 5.32 Å². The molecule has 0 bridgehead atoms. The maximum Gasteiger partial charge on any atom is 0.244 e. The van der Waals surface area contributed by atoms with E-state index >= 15 is 0 Å². The minimum absolute atomic E-state index is 0.161. The molecule has 0 spiro atoms. The zero-order valence-electron chi connectivity index (χ0n) is 16.6. The molecule has 2 aromatic carbocycles. The van der Waals surface area contributed by atoms with Crippen molar-refractivity contribution >= 4 is 44.8 Å². The maximum atomic E-state index is 13.1. The number of nitrogens with one attached hydrogen (secondary N) is 1. The molecule has 0 fully saturated rings. The van der Waals surface area contributed by atoms with Gasteiger partial charge in [0.15, 0.2) is 0 Å². The van der Waals surface area contributed by atoms with Gasteiger partial charge in [-0.25, -0.2) is 8.42 Å². The smallest absolute Gasteiger partial charge is 0.244 e. The van der Waals surface area contributed by atoms with Crippen molar-refractivity contribution < 1.29 is 17.9 Å². The summed E-state index contributed by atoms with van der Waals surface area (Å²) in [5, 5.41) is 3.38. The second-order valence-electron chi connectivity index (χ2n) is 6.55. The monoisotopic (exact) mass is 458 g/mol. The summed E-state index contributed by atoms with van der Waals surface area (Å²) in [4.78, 5) is 13.1. The number of anilines is 1. The summed E-state index contributed by atoms with van der Waals surface area (Å²) in [6, 6.07) is 10.4. The Morgan fingerprint density at radius 1 is 1.21 bits per heavy atom. The van der Waals surface area contributed by atoms with Crippen LogP contribution < -0.4 is 14.4 Å². The summed E-state index contributed by atoms with van der Waals surface area (Å²) >= 11 is 12.3. The lowest BCUT2D eigenvalue weighted by atomic mass is 10.1. The van der Waals surface area contributed by atoms with Gasteiger partial charge in [-0.2, -0.15) is 0 Å². The van der Waals surface area contributed by atoms with Gasteiger partial charge in [0, 0.05) is 10.6 Å². The molecule has 1 amide bonds. The highest BCUT2D eigenvalue weighted by Crippen LogP contribution is 2.33. The SMILES string of the molecule is CC[C@@H](C(=O)N[C@@H](C)c1ccccc1OC)N(c1cc(Cl)ccc1Cl)S(C)(=O)=O. The largest absolute Gasteiger partial charge is 0.496 e. The Morgan fingerprint density at radius 3 is 2.45 bits per heavy atom. The summed E-state index contributed by atoms with van der Waals surface area (Å²) in [6.07, 6.45) is 1.27. The molecule has 0 radical (unpaired) electrons. The second-order valence-corrected chi connectivity index (χ2v) is 9.25. The predicted octanol–water partition coefficient (Wildman–Crippen LogP) is 4.42. The number of nitrogens with zero attached hydrogens (tertiary/aromatic N) is 1. The standard InChI is InChI=1S/C20H24Cl2N2O4S/c1-5-17(20(25)23-13(2)15-8-6-7-9-19(15)28-3)24(29(4,26)27)18-12-14(21)10-11-16(18)22/h6-13,17H,5H2,1-4H3,(H,23,25)/t13-,17-/m0/s1. The first-order chi connectivity index (χ1) is 13.6. The third kappa shape index (κ3) is 5.56. The van der Waals surface area contributed by atoms with E-state index in [1.807, 2.05) is 18.2 Å². The van der Waals surface area contributed by atoms with Crippen LogP contribution in [0, 0.1) is 0 Å². The summed E-state index contributed by atoms with van der Waals surface area (Å²) in [7, 11) is -2.27. The number of carbonyl (C=O) groups is 1. The van der Waals surface area contributed by atoms with Crippen LogP contribution in [-0.2, 0) is 14.8 Å². The number of benzene rings is 2. The third-order valence-electron chi connectivity index (χ3n) is 4.44. The van der Waals surface area contributed by atoms with E-state index in [-0.39, 0.29) is 17.1 Å². The Kier molecular flexibility index (Phi) is 7.80. The van der Waals surface area contributed by atoms with Gasteiger partial charge in [-0.3, -0.25) is 9.10 Å². The fourth-order valence-electron chi connectivity index (χ4n) is 3.10. The number of amides is 1. The number of rotatable bonds is 8. The second kappa shape index (κ2) is 9.69. The van der Waals surface area contributed by atoms with E-state index in [1.54, 1.807) is 33.1 Å². The van der Waals surface area contributed by atoms with E-state index in [1.165, 1.54) is 12.1 Å². The number of sulfonamides is 1. The minimum atomic E-state index is -3.82. The molecule has 0 aliphatic rings. The van der Waals surface area contributed by atoms with Crippen molar-refractivity contribution in [3.63, 3.8) is 0 Å². The molecule has 0 aromatic heterocycles. The van der Waals surface area contributed by atoms with Crippen LogP contribution in [0.5, 0.6) is 5.75 Å². The van der Waals surface area contributed by atoms with Gasteiger partial charge in [-0.15, -0.1) is 0 Å². The van der Waals surface area contributed by atoms with Crippen LogP contribution in [0.15, 0.2) is 42.5 Å². The molecule has 29 heavy (non-hydrogen) atoms. The highest BCUT2D eigenvalue weighted by molar-refractivity contribution is 7.92. The summed E-state index contributed by atoms with van der Waals surface area (Å²) in [5.74, 6) is 0.179. The number of ether oxygens (including phenoxy) is 1. The van der Waals surface area contributed by atoms with Crippen molar-refractivity contribution in [1.82, 2.24) is 5.32 Å². The molecular formula is C20H24Cl2N2O4S. The van der Waals surface area contributed by atoms with E-state index in [0.29, 0.717) is 10.8 Å². The zero-order valence-corrected chi connectivity index (χ0v) is 19.0. The molecule has 158 valence electrons. The molecule has 2 aromatic rings. The fourth-order valence-corrected chi connectivity index (χ4v) is 4.74. The number of hydrogen-bond acceptors (Lipinski definition) is 4. The van der Waals surface area contributed by atoms with E-state index in [0.717, 1.165) is 16.1 Å². The van der Waals surface area contributed by atoms with Gasteiger partial charge in [-0.1, -0.05) is 48.3 Å². The Hall–Kier alpha value is -1.96. The van der Waals surface area contributed by atoms with Gasteiger partial charge >= 0.3 is 0 Å². The average molecular weight is 459 g/mol. The topological polar surface area (TPSA) is 75.7 Å². The van der Waals surface area contributed by atoms with Crippen LogP contribution in [0.25, 0.3) is 0 Å². The first kappa shape index (κ1) is 23.3.